The van der Waals surface area contributed by atoms with E-state index in [4.69, 9.17) is 22.1 Å². The predicted octanol–water partition coefficient (Wildman–Crippen LogP) is 2.28. The highest BCUT2D eigenvalue weighted by Gasteiger charge is 2.23. The minimum atomic E-state index is -0.813. The molecule has 0 saturated heterocycles. The van der Waals surface area contributed by atoms with E-state index in [0.717, 1.165) is 10.1 Å². The number of rotatable bonds is 8. The number of aromatic nitrogens is 2. The van der Waals surface area contributed by atoms with E-state index in [-0.39, 0.29) is 30.9 Å². The van der Waals surface area contributed by atoms with Crippen LogP contribution in [0.15, 0.2) is 64.2 Å². The Balaban J connectivity index is 1.86. The molecule has 0 aliphatic heterocycles. The monoisotopic (exact) mass is 455 g/mol. The van der Waals surface area contributed by atoms with E-state index in [0.29, 0.717) is 10.6 Å². The third kappa shape index (κ3) is 4.97. The predicted molar refractivity (Wildman–Crippen MR) is 121 cm³/mol. The highest BCUT2D eigenvalue weighted by Crippen LogP contribution is 2.16. The van der Waals surface area contributed by atoms with E-state index in [9.17, 15) is 19.2 Å². The molecule has 32 heavy (non-hydrogen) atoms. The Labute approximate surface area is 188 Å². The summed E-state index contributed by atoms with van der Waals surface area (Å²) in [6, 6.07) is 15.8. The summed E-state index contributed by atoms with van der Waals surface area (Å²) < 4.78 is 7.15. The Morgan fingerprint density at radius 3 is 2.31 bits per heavy atom. The van der Waals surface area contributed by atoms with Crippen LogP contribution in [0.1, 0.15) is 28.4 Å². The maximum atomic E-state index is 12.8. The van der Waals surface area contributed by atoms with Gasteiger partial charge in [0.05, 0.1) is 13.0 Å². The molecule has 0 saturated carbocycles. The van der Waals surface area contributed by atoms with E-state index >= 15 is 0 Å². The molecule has 0 bridgehead atoms. The van der Waals surface area contributed by atoms with Crippen molar-refractivity contribution in [1.29, 1.82) is 0 Å². The van der Waals surface area contributed by atoms with Gasteiger partial charge in [-0.2, -0.15) is 0 Å². The molecular formula is C23H22ClN3O5. The van der Waals surface area contributed by atoms with Crippen LogP contribution in [-0.4, -0.2) is 27.5 Å². The fraction of sp³-hybridized carbons (Fsp3) is 0.217. The Bertz CT molecular complexity index is 1260. The Kier molecular flexibility index (Phi) is 7.27. The molecule has 0 spiro atoms. The molecule has 2 aromatic carbocycles. The SMILES string of the molecule is CCn1c(=O)c(C(=O)COC(=O)Cc2ccccc2Cl)c(N)n(Cc2ccccc2)c1=O. The van der Waals surface area contributed by atoms with Gasteiger partial charge in [-0.3, -0.25) is 23.5 Å². The molecule has 9 heteroatoms. The van der Waals surface area contributed by atoms with E-state index in [1.807, 2.05) is 6.07 Å². The molecule has 0 aliphatic rings. The fourth-order valence-corrected chi connectivity index (χ4v) is 3.44. The van der Waals surface area contributed by atoms with Crippen LogP contribution in [0.4, 0.5) is 5.82 Å². The first-order valence-electron chi connectivity index (χ1n) is 9.92. The third-order valence-corrected chi connectivity index (χ3v) is 5.27. The normalized spacial score (nSPS) is 10.7. The summed E-state index contributed by atoms with van der Waals surface area (Å²) in [5.41, 5.74) is 5.59. The second-order valence-electron chi connectivity index (χ2n) is 7.02. The zero-order valence-electron chi connectivity index (χ0n) is 17.4. The van der Waals surface area contributed by atoms with Gasteiger partial charge in [-0.25, -0.2) is 4.79 Å². The van der Waals surface area contributed by atoms with Crippen molar-refractivity contribution in [3.8, 4) is 0 Å². The average molecular weight is 456 g/mol. The average Bonchev–Trinajstić information content (AvgIpc) is 2.78. The number of ether oxygens (including phenoxy) is 1. The number of nitrogens with two attached hydrogens (primary N) is 1. The Hall–Kier alpha value is -3.65. The van der Waals surface area contributed by atoms with Crippen LogP contribution in [0.3, 0.4) is 0 Å². The Morgan fingerprint density at radius 2 is 1.66 bits per heavy atom. The standard InChI is InChI=1S/C23H22ClN3O5/c1-2-26-22(30)20(21(25)27(23(26)31)13-15-8-4-3-5-9-15)18(28)14-32-19(29)12-16-10-6-7-11-17(16)24/h3-11H,2,12-14,25H2,1H3. The van der Waals surface area contributed by atoms with Crippen molar-refractivity contribution < 1.29 is 14.3 Å². The smallest absolute Gasteiger partial charge is 0.332 e. The summed E-state index contributed by atoms with van der Waals surface area (Å²) >= 11 is 6.03. The minimum absolute atomic E-state index is 0.0549. The van der Waals surface area contributed by atoms with Crippen molar-refractivity contribution >= 4 is 29.2 Å². The van der Waals surface area contributed by atoms with Crippen LogP contribution in [0.2, 0.25) is 5.02 Å². The highest BCUT2D eigenvalue weighted by atomic mass is 35.5. The van der Waals surface area contributed by atoms with Gasteiger partial charge >= 0.3 is 11.7 Å². The van der Waals surface area contributed by atoms with Crippen molar-refractivity contribution in [3.63, 3.8) is 0 Å². The Morgan fingerprint density at radius 1 is 1.00 bits per heavy atom. The number of hydrogen-bond acceptors (Lipinski definition) is 6. The summed E-state index contributed by atoms with van der Waals surface area (Å²) in [5, 5.41) is 0.402. The molecule has 2 N–H and O–H groups in total. The van der Waals surface area contributed by atoms with Crippen molar-refractivity contribution in [2.24, 2.45) is 0 Å². The van der Waals surface area contributed by atoms with Gasteiger partial charge in [0.15, 0.2) is 6.61 Å². The van der Waals surface area contributed by atoms with Crippen LogP contribution in [-0.2, 0) is 29.0 Å². The summed E-state index contributed by atoms with van der Waals surface area (Å²) in [6.07, 6.45) is -0.130. The molecule has 1 aromatic heterocycles. The zero-order chi connectivity index (χ0) is 23.3. The number of halogens is 1. The van der Waals surface area contributed by atoms with Gasteiger partial charge < -0.3 is 10.5 Å². The molecule has 0 fully saturated rings. The molecule has 1 heterocycles. The number of anilines is 1. The van der Waals surface area contributed by atoms with Gasteiger partial charge in [0.1, 0.15) is 11.4 Å². The second-order valence-corrected chi connectivity index (χ2v) is 7.42. The number of Topliss-reactive ketones (excluding diaryl/α,β-unsaturated/α-hetero) is 1. The summed E-state index contributed by atoms with van der Waals surface area (Å²) in [7, 11) is 0. The fourth-order valence-electron chi connectivity index (χ4n) is 3.24. The maximum absolute atomic E-state index is 12.8. The second kappa shape index (κ2) is 10.1. The molecule has 0 atom stereocenters. The van der Waals surface area contributed by atoms with Gasteiger partial charge in [0.25, 0.3) is 5.56 Å². The molecule has 8 nitrogen and oxygen atoms in total. The van der Waals surface area contributed by atoms with Gasteiger partial charge in [-0.05, 0) is 24.1 Å². The zero-order valence-corrected chi connectivity index (χ0v) is 18.2. The van der Waals surface area contributed by atoms with E-state index in [1.165, 1.54) is 4.57 Å². The molecule has 0 aliphatic carbocycles. The largest absolute Gasteiger partial charge is 0.457 e. The van der Waals surface area contributed by atoms with Crippen LogP contribution in [0, 0.1) is 0 Å². The lowest BCUT2D eigenvalue weighted by atomic mass is 10.1. The summed E-state index contributed by atoms with van der Waals surface area (Å²) in [5.74, 6) is -1.73. The van der Waals surface area contributed by atoms with Gasteiger partial charge in [0, 0.05) is 11.6 Å². The topological polar surface area (TPSA) is 113 Å². The van der Waals surface area contributed by atoms with E-state index in [2.05, 4.69) is 0 Å². The maximum Gasteiger partial charge on any atom is 0.332 e. The van der Waals surface area contributed by atoms with Gasteiger partial charge in [-0.15, -0.1) is 0 Å². The molecule has 3 aromatic rings. The van der Waals surface area contributed by atoms with Crippen molar-refractivity contribution in [1.82, 2.24) is 9.13 Å². The lowest BCUT2D eigenvalue weighted by Crippen LogP contribution is -2.44. The molecule has 0 unspecified atom stereocenters. The molecule has 0 amide bonds. The molecule has 3 rings (SSSR count). The molecule has 0 radical (unpaired) electrons. The lowest BCUT2D eigenvalue weighted by Gasteiger charge is -2.16. The first kappa shape index (κ1) is 23.0. The van der Waals surface area contributed by atoms with E-state index < -0.39 is 29.6 Å². The van der Waals surface area contributed by atoms with Crippen LogP contribution < -0.4 is 17.0 Å². The van der Waals surface area contributed by atoms with Crippen molar-refractivity contribution in [2.75, 3.05) is 12.3 Å². The first-order chi connectivity index (χ1) is 15.3. The number of ketones is 1. The highest BCUT2D eigenvalue weighted by molar-refractivity contribution is 6.31. The van der Waals surface area contributed by atoms with Crippen molar-refractivity contribution in [3.05, 3.63) is 97.1 Å². The number of benzene rings is 2. The molecule has 166 valence electrons. The van der Waals surface area contributed by atoms with Crippen LogP contribution >= 0.6 is 11.6 Å². The van der Waals surface area contributed by atoms with Crippen LogP contribution in [0.25, 0.3) is 0 Å². The lowest BCUT2D eigenvalue weighted by molar-refractivity contribution is -0.141. The number of carbonyl (C=O) groups is 2. The van der Waals surface area contributed by atoms with Crippen LogP contribution in [0.5, 0.6) is 0 Å². The number of nitrogens with zero attached hydrogens (tertiary/aromatic N) is 2. The number of hydrogen-bond donors (Lipinski definition) is 1. The van der Waals surface area contributed by atoms with Gasteiger partial charge in [0.2, 0.25) is 5.78 Å². The molecular weight excluding hydrogens is 434 g/mol. The summed E-state index contributed by atoms with van der Waals surface area (Å²) in [4.78, 5) is 50.5. The first-order valence-corrected chi connectivity index (χ1v) is 10.3. The quantitative estimate of drug-likeness (QED) is 0.412. The number of esters is 1. The van der Waals surface area contributed by atoms with Crippen molar-refractivity contribution in [2.45, 2.75) is 26.4 Å². The third-order valence-electron chi connectivity index (χ3n) is 4.90. The summed E-state index contributed by atoms with van der Waals surface area (Å²) in [6.45, 7) is 1.07. The number of carbonyl (C=O) groups excluding carboxylic acids is 2. The van der Waals surface area contributed by atoms with E-state index in [1.54, 1.807) is 55.5 Å². The minimum Gasteiger partial charge on any atom is -0.457 e. The van der Waals surface area contributed by atoms with Gasteiger partial charge in [-0.1, -0.05) is 60.1 Å². The number of nitrogen functional groups attached to an aromatic ring is 1.